The Labute approximate surface area is 118 Å². The molecule has 0 aliphatic carbocycles. The summed E-state index contributed by atoms with van der Waals surface area (Å²) in [5, 5.41) is 8.80. The molecule has 15 heavy (non-hydrogen) atoms. The Morgan fingerprint density at radius 2 is 2.20 bits per heavy atom. The van der Waals surface area contributed by atoms with Crippen molar-refractivity contribution in [3.05, 3.63) is 38.1 Å². The smallest absolute Gasteiger partial charge is 0.0937 e. The normalized spacial score (nSPS) is 10.6. The van der Waals surface area contributed by atoms with Crippen LogP contribution in [0.3, 0.4) is 0 Å². The Morgan fingerprint density at radius 3 is 2.87 bits per heavy atom. The van der Waals surface area contributed by atoms with E-state index in [0.717, 1.165) is 15.9 Å². The molecule has 1 aromatic carbocycles. The van der Waals surface area contributed by atoms with E-state index < -0.39 is 0 Å². The Kier molecular flexibility index (Phi) is 3.78. The standard InChI is InChI=1S/C9H6Br2IN3/c10-4-7-5-15(14-13-7)9-3-6(12)1-2-8(9)11/h1-3,5H,4H2. The minimum Gasteiger partial charge on any atom is -0.219 e. The number of aromatic nitrogens is 3. The van der Waals surface area contributed by atoms with Gasteiger partial charge in [-0.3, -0.25) is 0 Å². The van der Waals surface area contributed by atoms with Crippen molar-refractivity contribution in [1.82, 2.24) is 15.0 Å². The summed E-state index contributed by atoms with van der Waals surface area (Å²) >= 11 is 9.12. The summed E-state index contributed by atoms with van der Waals surface area (Å²) in [6, 6.07) is 6.10. The topological polar surface area (TPSA) is 30.7 Å². The van der Waals surface area contributed by atoms with Gasteiger partial charge in [-0.15, -0.1) is 5.10 Å². The highest BCUT2D eigenvalue weighted by molar-refractivity contribution is 14.1. The van der Waals surface area contributed by atoms with Gasteiger partial charge in [0.15, 0.2) is 0 Å². The van der Waals surface area contributed by atoms with Gasteiger partial charge < -0.3 is 0 Å². The molecular weight excluding hydrogens is 437 g/mol. The fraction of sp³-hybridized carbons (Fsp3) is 0.111. The van der Waals surface area contributed by atoms with Gasteiger partial charge in [0.2, 0.25) is 0 Å². The summed E-state index contributed by atoms with van der Waals surface area (Å²) in [7, 11) is 0. The van der Waals surface area contributed by atoms with Gasteiger partial charge in [0.25, 0.3) is 0 Å². The average Bonchev–Trinajstić information content (AvgIpc) is 2.70. The first-order valence-corrected chi connectivity index (χ1v) is 7.12. The predicted molar refractivity (Wildman–Crippen MR) is 74.4 cm³/mol. The van der Waals surface area contributed by atoms with E-state index in [4.69, 9.17) is 0 Å². The van der Waals surface area contributed by atoms with E-state index in [1.807, 2.05) is 18.3 Å². The number of alkyl halides is 1. The van der Waals surface area contributed by atoms with Crippen LogP contribution < -0.4 is 0 Å². The van der Waals surface area contributed by atoms with Gasteiger partial charge in [-0.05, 0) is 56.7 Å². The fourth-order valence-electron chi connectivity index (χ4n) is 1.14. The van der Waals surface area contributed by atoms with Crippen LogP contribution in [0, 0.1) is 3.57 Å². The maximum atomic E-state index is 4.06. The number of hydrogen-bond acceptors (Lipinski definition) is 2. The van der Waals surface area contributed by atoms with Crippen LogP contribution in [-0.2, 0) is 5.33 Å². The third kappa shape index (κ3) is 2.59. The molecule has 0 saturated carbocycles. The lowest BCUT2D eigenvalue weighted by molar-refractivity contribution is 0.797. The number of hydrogen-bond donors (Lipinski definition) is 0. The minimum atomic E-state index is 0.717. The van der Waals surface area contributed by atoms with E-state index in [1.165, 1.54) is 3.57 Å². The van der Waals surface area contributed by atoms with Gasteiger partial charge in [-0.25, -0.2) is 4.68 Å². The SMILES string of the molecule is BrCc1cn(-c2cc(I)ccc2Br)nn1. The zero-order valence-electron chi connectivity index (χ0n) is 7.49. The van der Waals surface area contributed by atoms with Crippen LogP contribution in [0.1, 0.15) is 5.69 Å². The molecule has 0 aliphatic rings. The van der Waals surface area contributed by atoms with Crippen molar-refractivity contribution in [2.24, 2.45) is 0 Å². The Hall–Kier alpha value is 0.0500. The molecule has 0 spiro atoms. The Bertz CT molecular complexity index is 484. The second-order valence-electron chi connectivity index (χ2n) is 2.88. The summed E-state index contributed by atoms with van der Waals surface area (Å²) in [5.74, 6) is 0. The molecule has 0 bridgehead atoms. The van der Waals surface area contributed by atoms with Crippen molar-refractivity contribution in [2.75, 3.05) is 0 Å². The number of rotatable bonds is 2. The van der Waals surface area contributed by atoms with Crippen LogP contribution in [0.15, 0.2) is 28.9 Å². The molecular formula is C9H6Br2IN3. The molecule has 0 saturated heterocycles. The lowest BCUT2D eigenvalue weighted by Crippen LogP contribution is -1.96. The molecule has 2 rings (SSSR count). The lowest BCUT2D eigenvalue weighted by Gasteiger charge is -2.03. The first-order chi connectivity index (χ1) is 7.20. The summed E-state index contributed by atoms with van der Waals surface area (Å²) in [6.45, 7) is 0. The molecule has 0 atom stereocenters. The first-order valence-electron chi connectivity index (χ1n) is 4.13. The molecule has 0 unspecified atom stereocenters. The van der Waals surface area contributed by atoms with Crippen molar-refractivity contribution in [1.29, 1.82) is 0 Å². The lowest BCUT2D eigenvalue weighted by atomic mass is 10.3. The van der Waals surface area contributed by atoms with E-state index in [2.05, 4.69) is 70.8 Å². The molecule has 0 amide bonds. The first kappa shape index (κ1) is 11.5. The number of halogens is 3. The zero-order valence-corrected chi connectivity index (χ0v) is 12.8. The van der Waals surface area contributed by atoms with Crippen molar-refractivity contribution in [3.63, 3.8) is 0 Å². The van der Waals surface area contributed by atoms with Crippen molar-refractivity contribution in [2.45, 2.75) is 5.33 Å². The summed E-state index contributed by atoms with van der Waals surface area (Å²) in [5.41, 5.74) is 1.92. The van der Waals surface area contributed by atoms with Crippen molar-refractivity contribution >= 4 is 54.5 Å². The molecule has 6 heteroatoms. The van der Waals surface area contributed by atoms with Crippen molar-refractivity contribution in [3.8, 4) is 5.69 Å². The van der Waals surface area contributed by atoms with E-state index in [1.54, 1.807) is 4.68 Å². The maximum Gasteiger partial charge on any atom is 0.0937 e. The molecule has 0 N–H and O–H groups in total. The third-order valence-corrected chi connectivity index (χ3v) is 3.75. The molecule has 0 radical (unpaired) electrons. The minimum absolute atomic E-state index is 0.717. The Balaban J connectivity index is 2.48. The van der Waals surface area contributed by atoms with Crippen LogP contribution in [0.2, 0.25) is 0 Å². The highest BCUT2D eigenvalue weighted by Gasteiger charge is 2.05. The number of benzene rings is 1. The van der Waals surface area contributed by atoms with Gasteiger partial charge in [-0.2, -0.15) is 0 Å². The maximum absolute atomic E-state index is 4.06. The summed E-state index contributed by atoms with van der Waals surface area (Å²) in [6.07, 6.45) is 1.91. The molecule has 1 aromatic heterocycles. The second-order valence-corrected chi connectivity index (χ2v) is 5.54. The largest absolute Gasteiger partial charge is 0.219 e. The quantitative estimate of drug-likeness (QED) is 0.526. The van der Waals surface area contributed by atoms with Gasteiger partial charge in [0, 0.05) is 13.4 Å². The van der Waals surface area contributed by atoms with E-state index in [0.29, 0.717) is 5.33 Å². The molecule has 1 heterocycles. The monoisotopic (exact) mass is 441 g/mol. The molecule has 0 aliphatic heterocycles. The summed E-state index contributed by atoms with van der Waals surface area (Å²) in [4.78, 5) is 0. The van der Waals surface area contributed by atoms with Crippen LogP contribution in [0.25, 0.3) is 5.69 Å². The van der Waals surface area contributed by atoms with Gasteiger partial charge in [-0.1, -0.05) is 21.1 Å². The Morgan fingerprint density at radius 1 is 1.40 bits per heavy atom. The third-order valence-electron chi connectivity index (χ3n) is 1.83. The highest BCUT2D eigenvalue weighted by atomic mass is 127. The van der Waals surface area contributed by atoms with E-state index in [9.17, 15) is 0 Å². The second kappa shape index (κ2) is 4.92. The van der Waals surface area contributed by atoms with Crippen LogP contribution in [0.4, 0.5) is 0 Å². The van der Waals surface area contributed by atoms with E-state index in [-0.39, 0.29) is 0 Å². The van der Waals surface area contributed by atoms with Crippen LogP contribution in [0.5, 0.6) is 0 Å². The molecule has 3 nitrogen and oxygen atoms in total. The highest BCUT2D eigenvalue weighted by Crippen LogP contribution is 2.22. The van der Waals surface area contributed by atoms with Crippen LogP contribution >= 0.6 is 54.5 Å². The van der Waals surface area contributed by atoms with Crippen molar-refractivity contribution < 1.29 is 0 Å². The molecule has 78 valence electrons. The van der Waals surface area contributed by atoms with Gasteiger partial charge in [0.05, 0.1) is 17.6 Å². The van der Waals surface area contributed by atoms with E-state index >= 15 is 0 Å². The van der Waals surface area contributed by atoms with Crippen LogP contribution in [-0.4, -0.2) is 15.0 Å². The summed E-state index contributed by atoms with van der Waals surface area (Å²) < 4.78 is 3.94. The fourth-order valence-corrected chi connectivity index (χ4v) is 2.30. The van der Waals surface area contributed by atoms with Gasteiger partial charge in [0.1, 0.15) is 0 Å². The van der Waals surface area contributed by atoms with Gasteiger partial charge >= 0.3 is 0 Å². The number of nitrogens with zero attached hydrogens (tertiary/aromatic N) is 3. The zero-order chi connectivity index (χ0) is 10.8. The predicted octanol–water partition coefficient (Wildman–Crippen LogP) is 3.53. The molecule has 2 aromatic rings. The molecule has 0 fully saturated rings. The average molecular weight is 443 g/mol.